The molecule has 0 amide bonds. The lowest BCUT2D eigenvalue weighted by atomic mass is 9.86. The van der Waals surface area contributed by atoms with Crippen LogP contribution in [0.4, 0.5) is 0 Å². The van der Waals surface area contributed by atoms with Gasteiger partial charge in [-0.2, -0.15) is 0 Å². The van der Waals surface area contributed by atoms with Crippen LogP contribution in [-0.2, 0) is 34.7 Å². The minimum atomic E-state index is -1.86. The van der Waals surface area contributed by atoms with Crippen LogP contribution in [0.25, 0.3) is 22.3 Å². The molecule has 4 aliphatic rings. The van der Waals surface area contributed by atoms with Gasteiger partial charge in [0.2, 0.25) is 0 Å². The second-order valence-electron chi connectivity index (χ2n) is 12.4. The zero-order chi connectivity index (χ0) is 29.9. The zero-order valence-electron chi connectivity index (χ0n) is 25.0. The second-order valence-corrected chi connectivity index (χ2v) is 12.4. The Bertz CT molecular complexity index is 1640. The van der Waals surface area contributed by atoms with Crippen LogP contribution in [0.15, 0.2) is 29.1 Å². The molecular weight excluding hydrogens is 548 g/mol. The molecule has 6 heterocycles. The fourth-order valence-electron chi connectivity index (χ4n) is 7.57. The van der Waals surface area contributed by atoms with Crippen LogP contribution in [0.1, 0.15) is 74.6 Å². The van der Waals surface area contributed by atoms with Gasteiger partial charge in [-0.15, -0.1) is 0 Å². The largest absolute Gasteiger partial charge is 0.458 e. The van der Waals surface area contributed by atoms with E-state index in [-0.39, 0.29) is 18.6 Å². The standard InChI is InChI=1S/C33H40N4O6/c1-3-22-23-16-21(43-32(40)36-14-10-20(11-15-36)35-12-6-5-7-13-35)8-9-27(23)34-29-24(22)18-37-28(29)17-26-25(30(37)38)19-42-31(39)33(26,41)4-2/h8-9,16-17,20,32,40-41H,3-7,10-15,18-19H2,1-2H3/t32?,33-/m0/s1. The molecule has 228 valence electrons. The maximum Gasteiger partial charge on any atom is 0.343 e. The van der Waals surface area contributed by atoms with Gasteiger partial charge >= 0.3 is 5.97 Å². The molecule has 1 unspecified atom stereocenters. The Balaban J connectivity index is 1.16. The first-order chi connectivity index (χ1) is 20.8. The minimum absolute atomic E-state index is 0.102. The number of fused-ring (bicyclic) bond motifs is 5. The number of piperidine rings is 2. The number of carbonyl (C=O) groups is 1. The number of aliphatic hydroxyl groups excluding tert-OH is 1. The molecule has 2 atom stereocenters. The summed E-state index contributed by atoms with van der Waals surface area (Å²) in [5.74, 6) is -0.159. The number of esters is 1. The van der Waals surface area contributed by atoms with Crippen molar-refractivity contribution in [2.45, 2.75) is 90.0 Å². The van der Waals surface area contributed by atoms with Crippen molar-refractivity contribution in [2.75, 3.05) is 26.2 Å². The van der Waals surface area contributed by atoms with E-state index in [1.165, 1.54) is 32.4 Å². The number of aryl methyl sites for hydroxylation is 1. The summed E-state index contributed by atoms with van der Waals surface area (Å²) in [6.07, 6.45) is 5.76. The van der Waals surface area contributed by atoms with Gasteiger partial charge in [0.05, 0.1) is 29.0 Å². The van der Waals surface area contributed by atoms with Gasteiger partial charge in [0.25, 0.3) is 12.0 Å². The number of carbonyl (C=O) groups excluding carboxylic acids is 1. The van der Waals surface area contributed by atoms with Gasteiger partial charge in [-0.3, -0.25) is 4.79 Å². The van der Waals surface area contributed by atoms with Crippen molar-refractivity contribution >= 4 is 16.9 Å². The number of benzene rings is 1. The predicted octanol–water partition coefficient (Wildman–Crippen LogP) is 3.25. The SMILES string of the molecule is CCc1c2c(nc3ccc(OC(O)N4CCC(N5CCCCC5)CC4)cc13)-c1cc3c(c(=O)n1C2)COC(=O)[C@]3(O)CC. The van der Waals surface area contributed by atoms with Gasteiger partial charge in [0.15, 0.2) is 5.60 Å². The van der Waals surface area contributed by atoms with Gasteiger partial charge in [-0.05, 0) is 81.4 Å². The minimum Gasteiger partial charge on any atom is -0.458 e. The first-order valence-corrected chi connectivity index (χ1v) is 15.8. The Morgan fingerprint density at radius 1 is 1.07 bits per heavy atom. The Kier molecular flexibility index (Phi) is 7.28. The molecular formula is C33H40N4O6. The second kappa shape index (κ2) is 11.0. The fourth-order valence-corrected chi connectivity index (χ4v) is 7.57. The van der Waals surface area contributed by atoms with E-state index in [2.05, 4.69) is 11.8 Å². The maximum atomic E-state index is 13.6. The molecule has 0 bridgehead atoms. The number of pyridine rings is 2. The lowest BCUT2D eigenvalue weighted by molar-refractivity contribution is -0.172. The molecule has 2 N–H and O–H groups in total. The smallest absolute Gasteiger partial charge is 0.343 e. The summed E-state index contributed by atoms with van der Waals surface area (Å²) >= 11 is 0. The highest BCUT2D eigenvalue weighted by Crippen LogP contribution is 2.41. The Labute approximate surface area is 250 Å². The Morgan fingerprint density at radius 3 is 2.56 bits per heavy atom. The zero-order valence-corrected chi connectivity index (χ0v) is 25.0. The molecule has 4 aliphatic heterocycles. The van der Waals surface area contributed by atoms with Crippen LogP contribution in [0.5, 0.6) is 5.75 Å². The van der Waals surface area contributed by atoms with E-state index in [1.807, 2.05) is 23.1 Å². The molecule has 3 aromatic rings. The summed E-state index contributed by atoms with van der Waals surface area (Å²) in [6.45, 7) is 7.94. The van der Waals surface area contributed by atoms with Gasteiger partial charge < -0.3 is 29.2 Å². The third-order valence-corrected chi connectivity index (χ3v) is 10.1. The number of cyclic esters (lactones) is 1. The molecule has 0 radical (unpaired) electrons. The first kappa shape index (κ1) is 28.5. The fraction of sp³-hybridized carbons (Fsp3) is 0.545. The van der Waals surface area contributed by atoms with Crippen molar-refractivity contribution in [3.05, 3.63) is 56.9 Å². The molecule has 10 nitrogen and oxygen atoms in total. The molecule has 2 fully saturated rings. The van der Waals surface area contributed by atoms with Gasteiger partial charge in [0.1, 0.15) is 12.4 Å². The van der Waals surface area contributed by atoms with Crippen LogP contribution in [0.3, 0.4) is 0 Å². The normalized spacial score (nSPS) is 23.5. The van der Waals surface area contributed by atoms with E-state index in [1.54, 1.807) is 17.6 Å². The average Bonchev–Trinajstić information content (AvgIpc) is 3.41. The molecule has 0 saturated carbocycles. The summed E-state index contributed by atoms with van der Waals surface area (Å²) in [4.78, 5) is 35.7. The van der Waals surface area contributed by atoms with Crippen LogP contribution in [0.2, 0.25) is 0 Å². The molecule has 0 aliphatic carbocycles. The van der Waals surface area contributed by atoms with Crippen LogP contribution < -0.4 is 10.3 Å². The summed E-state index contributed by atoms with van der Waals surface area (Å²) < 4.78 is 12.9. The van der Waals surface area contributed by atoms with Crippen LogP contribution in [-0.4, -0.2) is 74.2 Å². The molecule has 2 aromatic heterocycles. The van der Waals surface area contributed by atoms with Gasteiger partial charge in [0, 0.05) is 35.6 Å². The Hall–Kier alpha value is -3.31. The highest BCUT2D eigenvalue weighted by molar-refractivity contribution is 5.90. The molecule has 0 spiro atoms. The number of rotatable bonds is 6. The van der Waals surface area contributed by atoms with Crippen molar-refractivity contribution in [3.8, 4) is 17.1 Å². The van der Waals surface area contributed by atoms with Crippen molar-refractivity contribution in [2.24, 2.45) is 0 Å². The van der Waals surface area contributed by atoms with E-state index in [9.17, 15) is 19.8 Å². The van der Waals surface area contributed by atoms with Crippen molar-refractivity contribution < 1.29 is 24.5 Å². The summed E-state index contributed by atoms with van der Waals surface area (Å²) in [5, 5.41) is 23.1. The number of ether oxygens (including phenoxy) is 2. The van der Waals surface area contributed by atoms with E-state index in [4.69, 9.17) is 14.5 Å². The lowest BCUT2D eigenvalue weighted by Crippen LogP contribution is -2.50. The molecule has 10 heteroatoms. The van der Waals surface area contributed by atoms with Crippen LogP contribution in [0, 0.1) is 0 Å². The number of nitrogens with zero attached hydrogens (tertiary/aromatic N) is 4. The molecule has 43 heavy (non-hydrogen) atoms. The van der Waals surface area contributed by atoms with E-state index in [0.717, 1.165) is 48.0 Å². The number of aromatic nitrogens is 2. The summed E-state index contributed by atoms with van der Waals surface area (Å²) in [7, 11) is 0. The quantitative estimate of drug-likeness (QED) is 0.259. The summed E-state index contributed by atoms with van der Waals surface area (Å²) in [6, 6.07) is 7.98. The van der Waals surface area contributed by atoms with Crippen molar-refractivity contribution in [1.82, 2.24) is 19.4 Å². The highest BCUT2D eigenvalue weighted by atomic mass is 16.6. The number of likely N-dealkylation sites (tertiary alicyclic amines) is 2. The number of hydrogen-bond acceptors (Lipinski definition) is 9. The predicted molar refractivity (Wildman–Crippen MR) is 161 cm³/mol. The maximum absolute atomic E-state index is 13.6. The molecule has 7 rings (SSSR count). The van der Waals surface area contributed by atoms with Gasteiger partial charge in [-0.1, -0.05) is 20.3 Å². The lowest BCUT2D eigenvalue weighted by Gasteiger charge is -2.41. The van der Waals surface area contributed by atoms with Gasteiger partial charge in [-0.25, -0.2) is 14.7 Å². The third kappa shape index (κ3) is 4.66. The van der Waals surface area contributed by atoms with Crippen molar-refractivity contribution in [1.29, 1.82) is 0 Å². The van der Waals surface area contributed by atoms with E-state index in [0.29, 0.717) is 47.3 Å². The Morgan fingerprint density at radius 2 is 1.84 bits per heavy atom. The van der Waals surface area contributed by atoms with E-state index >= 15 is 0 Å². The summed E-state index contributed by atoms with van der Waals surface area (Å²) in [5.41, 5.74) is 2.54. The third-order valence-electron chi connectivity index (χ3n) is 10.1. The van der Waals surface area contributed by atoms with Crippen molar-refractivity contribution in [3.63, 3.8) is 0 Å². The number of aliphatic hydroxyl groups is 2. The van der Waals surface area contributed by atoms with Crippen LogP contribution >= 0.6 is 0 Å². The van der Waals surface area contributed by atoms with E-state index < -0.39 is 18.0 Å². The monoisotopic (exact) mass is 588 g/mol. The number of hydrogen-bond donors (Lipinski definition) is 2. The average molecular weight is 589 g/mol. The highest BCUT2D eigenvalue weighted by Gasteiger charge is 2.45. The molecule has 1 aromatic carbocycles. The molecule has 2 saturated heterocycles. The first-order valence-electron chi connectivity index (χ1n) is 15.8. The topological polar surface area (TPSA) is 117 Å².